The van der Waals surface area contributed by atoms with Crippen molar-refractivity contribution >= 4 is 43.6 Å². The van der Waals surface area contributed by atoms with E-state index in [0.717, 1.165) is 99.6 Å². The molecule has 0 unspecified atom stereocenters. The van der Waals surface area contributed by atoms with Gasteiger partial charge >= 0.3 is 0 Å². The minimum absolute atomic E-state index is 0.606. The Morgan fingerprint density at radius 3 is 1.29 bits per heavy atom. The lowest BCUT2D eigenvalue weighted by Gasteiger charge is -2.11. The molecule has 0 saturated carbocycles. The first-order chi connectivity index (χ1) is 31.2. The van der Waals surface area contributed by atoms with Gasteiger partial charge in [-0.3, -0.25) is 0 Å². The molecule has 294 valence electrons. The summed E-state index contributed by atoms with van der Waals surface area (Å²) in [5.41, 5.74) is 13.8. The molecule has 0 aliphatic rings. The first-order valence-electron chi connectivity index (χ1n) is 21.1. The zero-order chi connectivity index (χ0) is 41.7. The molecule has 5 heteroatoms. The van der Waals surface area contributed by atoms with E-state index in [-0.39, 0.29) is 0 Å². The topological polar surface area (TPSA) is 64.7 Å². The lowest BCUT2D eigenvalue weighted by molar-refractivity contribution is 0.669. The van der Waals surface area contributed by atoms with Crippen LogP contribution in [0, 0.1) is 0 Å². The Morgan fingerprint density at radius 1 is 0.286 bits per heavy atom. The van der Waals surface area contributed by atoms with Gasteiger partial charge in [0.1, 0.15) is 11.3 Å². The number of furan rings is 1. The smallest absolute Gasteiger partial charge is 0.164 e. The van der Waals surface area contributed by atoms with Crippen LogP contribution < -0.4 is 0 Å². The van der Waals surface area contributed by atoms with Crippen molar-refractivity contribution in [2.24, 2.45) is 0 Å². The minimum atomic E-state index is 0.606. The Kier molecular flexibility index (Phi) is 8.75. The van der Waals surface area contributed by atoms with E-state index in [1.165, 1.54) is 5.39 Å². The lowest BCUT2D eigenvalue weighted by atomic mass is 9.97. The second kappa shape index (κ2) is 15.2. The molecule has 63 heavy (non-hydrogen) atoms. The van der Waals surface area contributed by atoms with Crippen molar-refractivity contribution in [2.75, 3.05) is 0 Å². The fraction of sp³-hybridized carbons (Fsp3) is 0. The van der Waals surface area contributed by atoms with Gasteiger partial charge in [-0.1, -0.05) is 194 Å². The molecule has 0 atom stereocenters. The second-order valence-electron chi connectivity index (χ2n) is 15.8. The van der Waals surface area contributed by atoms with Gasteiger partial charge in [-0.15, -0.1) is 0 Å². The summed E-state index contributed by atoms with van der Waals surface area (Å²) in [5.74, 6) is 1.84. The van der Waals surface area contributed by atoms with Crippen LogP contribution in [0.3, 0.4) is 0 Å². The Balaban J connectivity index is 0.926. The highest BCUT2D eigenvalue weighted by atomic mass is 16.3. The van der Waals surface area contributed by atoms with Crippen LogP contribution in [-0.2, 0) is 0 Å². The summed E-state index contributed by atoms with van der Waals surface area (Å²) in [7, 11) is 0. The van der Waals surface area contributed by atoms with E-state index < -0.39 is 0 Å². The molecule has 0 spiro atoms. The number of para-hydroxylation sites is 1. The number of benzene rings is 9. The number of rotatable bonds is 7. The van der Waals surface area contributed by atoms with Crippen molar-refractivity contribution in [2.45, 2.75) is 0 Å². The summed E-state index contributed by atoms with van der Waals surface area (Å²) >= 11 is 0. The summed E-state index contributed by atoms with van der Waals surface area (Å²) in [4.78, 5) is 20.5. The average Bonchev–Trinajstić information content (AvgIpc) is 3.76. The maximum Gasteiger partial charge on any atom is 0.164 e. The number of fused-ring (bicyclic) bond motifs is 6. The molecule has 0 fully saturated rings. The van der Waals surface area contributed by atoms with Gasteiger partial charge < -0.3 is 4.42 Å². The Hall–Kier alpha value is -8.54. The van der Waals surface area contributed by atoms with Crippen LogP contribution in [0.2, 0.25) is 0 Å². The molecule has 5 nitrogen and oxygen atoms in total. The van der Waals surface area contributed by atoms with E-state index in [0.29, 0.717) is 17.5 Å². The molecule has 12 rings (SSSR count). The number of nitrogens with zero attached hydrogens (tertiary/aromatic N) is 4. The van der Waals surface area contributed by atoms with Gasteiger partial charge in [-0.25, -0.2) is 19.9 Å². The fourth-order valence-corrected chi connectivity index (χ4v) is 8.67. The maximum atomic E-state index is 6.62. The molecular formula is C58H36N4O. The zero-order valence-corrected chi connectivity index (χ0v) is 34.0. The van der Waals surface area contributed by atoms with Gasteiger partial charge in [-0.05, 0) is 68.4 Å². The maximum absolute atomic E-state index is 6.62. The van der Waals surface area contributed by atoms with Crippen molar-refractivity contribution in [1.29, 1.82) is 0 Å². The van der Waals surface area contributed by atoms with Gasteiger partial charge in [0.2, 0.25) is 0 Å². The highest BCUT2D eigenvalue weighted by Crippen LogP contribution is 2.41. The molecular weight excluding hydrogens is 769 g/mol. The Morgan fingerprint density at radius 2 is 0.714 bits per heavy atom. The molecule has 0 radical (unpaired) electrons. The summed E-state index contributed by atoms with van der Waals surface area (Å²) in [6.45, 7) is 0. The van der Waals surface area contributed by atoms with E-state index in [4.69, 9.17) is 24.4 Å². The minimum Gasteiger partial charge on any atom is -0.454 e. The third kappa shape index (κ3) is 6.69. The lowest BCUT2D eigenvalue weighted by Crippen LogP contribution is -2.00. The highest BCUT2D eigenvalue weighted by molar-refractivity contribution is 6.22. The normalized spacial score (nSPS) is 11.5. The molecule has 3 heterocycles. The second-order valence-corrected chi connectivity index (χ2v) is 15.8. The van der Waals surface area contributed by atoms with Crippen molar-refractivity contribution in [3.8, 4) is 78.8 Å². The Bertz CT molecular complexity index is 3540. The van der Waals surface area contributed by atoms with Gasteiger partial charge in [0.05, 0.1) is 5.52 Å². The van der Waals surface area contributed by atoms with Crippen LogP contribution in [0.1, 0.15) is 0 Å². The van der Waals surface area contributed by atoms with Crippen LogP contribution in [0.25, 0.3) is 122 Å². The first-order valence-corrected chi connectivity index (χ1v) is 21.1. The van der Waals surface area contributed by atoms with E-state index in [1.807, 2.05) is 24.3 Å². The highest BCUT2D eigenvalue weighted by Gasteiger charge is 2.19. The summed E-state index contributed by atoms with van der Waals surface area (Å²) in [6.07, 6.45) is 0. The third-order valence-corrected chi connectivity index (χ3v) is 11.9. The predicted molar refractivity (Wildman–Crippen MR) is 258 cm³/mol. The Labute approximate surface area is 363 Å². The SMILES string of the molecule is c1ccc(-c2ccc(-c3nc(-c4ccc(-c5ccccc5)cc4)nc(-c4ccc(-c5cccc(-c6nc7cc8ccccc8cc7c7c6oc6ccccc67)c5)cc4)n3)cc2)cc1. The average molecular weight is 805 g/mol. The molecule has 0 amide bonds. The van der Waals surface area contributed by atoms with Crippen molar-refractivity contribution in [3.05, 3.63) is 218 Å². The van der Waals surface area contributed by atoms with Crippen LogP contribution in [0.5, 0.6) is 0 Å². The monoisotopic (exact) mass is 804 g/mol. The molecule has 0 bridgehead atoms. The number of aromatic nitrogens is 4. The van der Waals surface area contributed by atoms with Crippen molar-refractivity contribution in [3.63, 3.8) is 0 Å². The standard InChI is InChI=1S/C58H36N4O/c1-3-12-37(13-4-1)39-22-28-42(29-23-39)56-60-57(43-30-24-40(25-31-43)38-14-5-2-6-15-38)62-58(61-56)44-32-26-41(27-33-44)45-18-11-19-48(34-45)54-55-53(49-20-9-10-21-52(49)63-55)50-35-46-16-7-8-17-47(46)36-51(50)59-54/h1-36H. The van der Waals surface area contributed by atoms with Crippen LogP contribution in [0.15, 0.2) is 223 Å². The number of hydrogen-bond acceptors (Lipinski definition) is 5. The largest absolute Gasteiger partial charge is 0.454 e. The van der Waals surface area contributed by atoms with Gasteiger partial charge in [-0.2, -0.15) is 0 Å². The van der Waals surface area contributed by atoms with Gasteiger partial charge in [0, 0.05) is 38.4 Å². The van der Waals surface area contributed by atoms with Crippen LogP contribution >= 0.6 is 0 Å². The third-order valence-electron chi connectivity index (χ3n) is 11.9. The molecule has 12 aromatic rings. The molecule has 9 aromatic carbocycles. The molecule has 0 saturated heterocycles. The van der Waals surface area contributed by atoms with E-state index >= 15 is 0 Å². The molecule has 0 aliphatic carbocycles. The van der Waals surface area contributed by atoms with Crippen LogP contribution in [0.4, 0.5) is 0 Å². The molecule has 0 aliphatic heterocycles. The van der Waals surface area contributed by atoms with E-state index in [2.05, 4.69) is 194 Å². The summed E-state index contributed by atoms with van der Waals surface area (Å²) < 4.78 is 6.62. The predicted octanol–water partition coefficient (Wildman–Crippen LogP) is 15.1. The molecule has 3 aromatic heterocycles. The first kappa shape index (κ1) is 36.3. The summed E-state index contributed by atoms with van der Waals surface area (Å²) in [5, 5.41) is 5.59. The molecule has 0 N–H and O–H groups in total. The number of hydrogen-bond donors (Lipinski definition) is 0. The van der Waals surface area contributed by atoms with Crippen molar-refractivity contribution < 1.29 is 4.42 Å². The zero-order valence-electron chi connectivity index (χ0n) is 34.0. The quantitative estimate of drug-likeness (QED) is 0.150. The van der Waals surface area contributed by atoms with Gasteiger partial charge in [0.25, 0.3) is 0 Å². The number of pyridine rings is 1. The van der Waals surface area contributed by atoms with E-state index in [9.17, 15) is 0 Å². The van der Waals surface area contributed by atoms with Crippen molar-refractivity contribution in [1.82, 2.24) is 19.9 Å². The van der Waals surface area contributed by atoms with Gasteiger partial charge in [0.15, 0.2) is 23.1 Å². The van der Waals surface area contributed by atoms with E-state index in [1.54, 1.807) is 0 Å². The van der Waals surface area contributed by atoms with Crippen LogP contribution in [-0.4, -0.2) is 19.9 Å². The fourth-order valence-electron chi connectivity index (χ4n) is 8.67. The summed E-state index contributed by atoms with van der Waals surface area (Å²) in [6, 6.07) is 75.8.